The molecule has 4 nitrogen and oxygen atoms in total. The van der Waals surface area contributed by atoms with E-state index in [4.69, 9.17) is 5.73 Å². The molecule has 0 amide bonds. The zero-order valence-electron chi connectivity index (χ0n) is 12.2. The van der Waals surface area contributed by atoms with Gasteiger partial charge in [-0.2, -0.15) is 0 Å². The van der Waals surface area contributed by atoms with E-state index in [1.165, 1.54) is 0 Å². The lowest BCUT2D eigenvalue weighted by Gasteiger charge is -2.12. The molecule has 1 aliphatic rings. The summed E-state index contributed by atoms with van der Waals surface area (Å²) in [5.41, 5.74) is 7.08. The van der Waals surface area contributed by atoms with Crippen LogP contribution in [-0.4, -0.2) is 21.0 Å². The molecule has 1 saturated carbocycles. The normalized spacial score (nSPS) is 17.4. The Labute approximate surface area is 121 Å². The lowest BCUT2D eigenvalue weighted by Crippen LogP contribution is -2.38. The molecule has 112 valence electrons. The summed E-state index contributed by atoms with van der Waals surface area (Å²) in [5, 5.41) is 0. The SMILES string of the molecule is CC(C)Cc1ccc(S(=O)(=O)NCC(N)C2CC2)cc1. The maximum atomic E-state index is 12.1. The van der Waals surface area contributed by atoms with Gasteiger partial charge < -0.3 is 5.73 Å². The maximum absolute atomic E-state index is 12.1. The number of hydrogen-bond donors (Lipinski definition) is 2. The van der Waals surface area contributed by atoms with Gasteiger partial charge in [-0.05, 0) is 48.8 Å². The number of sulfonamides is 1. The summed E-state index contributed by atoms with van der Waals surface area (Å²) in [7, 11) is -3.44. The molecule has 1 fully saturated rings. The molecule has 1 aromatic carbocycles. The van der Waals surface area contributed by atoms with Crippen LogP contribution in [0.4, 0.5) is 0 Å². The van der Waals surface area contributed by atoms with Crippen molar-refractivity contribution in [3.8, 4) is 0 Å². The summed E-state index contributed by atoms with van der Waals surface area (Å²) < 4.78 is 26.9. The van der Waals surface area contributed by atoms with Crippen LogP contribution in [0.3, 0.4) is 0 Å². The predicted octanol–water partition coefficient (Wildman–Crippen LogP) is 1.90. The Morgan fingerprint density at radius 1 is 1.25 bits per heavy atom. The fourth-order valence-corrected chi connectivity index (χ4v) is 3.33. The first kappa shape index (κ1) is 15.5. The van der Waals surface area contributed by atoms with Gasteiger partial charge in [-0.25, -0.2) is 13.1 Å². The fraction of sp³-hybridized carbons (Fsp3) is 0.600. The van der Waals surface area contributed by atoms with Gasteiger partial charge in [0.1, 0.15) is 0 Å². The molecule has 5 heteroatoms. The summed E-state index contributed by atoms with van der Waals surface area (Å²) in [5.74, 6) is 1.05. The van der Waals surface area contributed by atoms with Gasteiger partial charge in [0, 0.05) is 12.6 Å². The Hall–Kier alpha value is -0.910. The minimum Gasteiger partial charge on any atom is -0.326 e. The molecule has 2 rings (SSSR count). The molecule has 0 saturated heterocycles. The average Bonchev–Trinajstić information content (AvgIpc) is 3.20. The zero-order valence-corrected chi connectivity index (χ0v) is 13.0. The van der Waals surface area contributed by atoms with Crippen molar-refractivity contribution in [2.24, 2.45) is 17.6 Å². The standard InChI is InChI=1S/C15H24N2O2S/c1-11(2)9-12-3-7-14(8-4-12)20(18,19)17-10-15(16)13-5-6-13/h3-4,7-8,11,13,15,17H,5-6,9-10,16H2,1-2H3. The Balaban J connectivity index is 1.97. The third-order valence-corrected chi connectivity index (χ3v) is 5.05. The highest BCUT2D eigenvalue weighted by atomic mass is 32.2. The van der Waals surface area contributed by atoms with Crippen molar-refractivity contribution >= 4 is 10.0 Å². The first-order chi connectivity index (χ1) is 9.38. The monoisotopic (exact) mass is 296 g/mol. The lowest BCUT2D eigenvalue weighted by molar-refractivity contribution is 0.547. The molecule has 3 N–H and O–H groups in total. The van der Waals surface area contributed by atoms with Crippen LogP contribution in [-0.2, 0) is 16.4 Å². The van der Waals surface area contributed by atoms with Gasteiger partial charge in [0.25, 0.3) is 0 Å². The molecule has 1 unspecified atom stereocenters. The lowest BCUT2D eigenvalue weighted by atomic mass is 10.0. The molecule has 0 bridgehead atoms. The summed E-state index contributed by atoms with van der Waals surface area (Å²) >= 11 is 0. The van der Waals surface area contributed by atoms with E-state index in [9.17, 15) is 8.42 Å². The molecule has 0 heterocycles. The van der Waals surface area contributed by atoms with Gasteiger partial charge in [0.2, 0.25) is 10.0 Å². The molecule has 1 atom stereocenters. The Kier molecular flexibility index (Phi) is 4.83. The number of benzene rings is 1. The van der Waals surface area contributed by atoms with Crippen LogP contribution in [0.2, 0.25) is 0 Å². The minimum atomic E-state index is -3.44. The highest BCUT2D eigenvalue weighted by molar-refractivity contribution is 7.89. The minimum absolute atomic E-state index is 0.0648. The molecule has 1 aromatic rings. The van der Waals surface area contributed by atoms with Crippen LogP contribution in [0.5, 0.6) is 0 Å². The second-order valence-electron chi connectivity index (χ2n) is 6.10. The molecular formula is C15H24N2O2S. The van der Waals surface area contributed by atoms with Crippen molar-refractivity contribution in [2.45, 2.75) is 44.0 Å². The summed E-state index contributed by atoms with van der Waals surface area (Å²) in [6.45, 7) is 4.61. The Morgan fingerprint density at radius 3 is 2.35 bits per heavy atom. The van der Waals surface area contributed by atoms with Crippen molar-refractivity contribution in [3.05, 3.63) is 29.8 Å². The van der Waals surface area contributed by atoms with Crippen LogP contribution in [0.1, 0.15) is 32.3 Å². The molecule has 0 spiro atoms. The van der Waals surface area contributed by atoms with Crippen LogP contribution in [0.25, 0.3) is 0 Å². The highest BCUT2D eigenvalue weighted by Crippen LogP contribution is 2.31. The third-order valence-electron chi connectivity index (χ3n) is 3.61. The van der Waals surface area contributed by atoms with E-state index in [2.05, 4.69) is 18.6 Å². The van der Waals surface area contributed by atoms with Crippen molar-refractivity contribution in [1.29, 1.82) is 0 Å². The number of nitrogens with one attached hydrogen (secondary N) is 1. The van der Waals surface area contributed by atoms with Crippen LogP contribution in [0.15, 0.2) is 29.2 Å². The zero-order chi connectivity index (χ0) is 14.8. The van der Waals surface area contributed by atoms with Crippen LogP contribution in [0, 0.1) is 11.8 Å². The summed E-state index contributed by atoms with van der Waals surface area (Å²) in [4.78, 5) is 0.313. The first-order valence-corrected chi connectivity index (χ1v) is 8.71. The van der Waals surface area contributed by atoms with Gasteiger partial charge in [0.15, 0.2) is 0 Å². The van der Waals surface area contributed by atoms with E-state index in [-0.39, 0.29) is 6.04 Å². The molecule has 0 aromatic heterocycles. The molecule has 0 aliphatic heterocycles. The first-order valence-electron chi connectivity index (χ1n) is 7.22. The highest BCUT2D eigenvalue weighted by Gasteiger charge is 2.29. The van der Waals surface area contributed by atoms with Crippen molar-refractivity contribution < 1.29 is 8.42 Å². The molecule has 0 radical (unpaired) electrons. The van der Waals surface area contributed by atoms with Crippen molar-refractivity contribution in [1.82, 2.24) is 4.72 Å². The molecular weight excluding hydrogens is 272 g/mol. The van der Waals surface area contributed by atoms with E-state index in [1.807, 2.05) is 12.1 Å². The van der Waals surface area contributed by atoms with Gasteiger partial charge in [-0.3, -0.25) is 0 Å². The topological polar surface area (TPSA) is 72.2 Å². The van der Waals surface area contributed by atoms with E-state index in [1.54, 1.807) is 12.1 Å². The molecule has 20 heavy (non-hydrogen) atoms. The van der Waals surface area contributed by atoms with Crippen LogP contribution >= 0.6 is 0 Å². The van der Waals surface area contributed by atoms with E-state index in [0.717, 1.165) is 24.8 Å². The van der Waals surface area contributed by atoms with E-state index >= 15 is 0 Å². The van der Waals surface area contributed by atoms with E-state index < -0.39 is 10.0 Å². The predicted molar refractivity (Wildman–Crippen MR) is 80.9 cm³/mol. The smallest absolute Gasteiger partial charge is 0.240 e. The summed E-state index contributed by atoms with van der Waals surface area (Å²) in [6.07, 6.45) is 3.19. The van der Waals surface area contributed by atoms with Gasteiger partial charge in [-0.15, -0.1) is 0 Å². The molecule has 1 aliphatic carbocycles. The quantitative estimate of drug-likeness (QED) is 0.807. The Bertz CT molecular complexity index is 533. The van der Waals surface area contributed by atoms with Gasteiger partial charge in [-0.1, -0.05) is 26.0 Å². The maximum Gasteiger partial charge on any atom is 0.240 e. The second kappa shape index (κ2) is 6.24. The number of nitrogens with two attached hydrogens (primary N) is 1. The fourth-order valence-electron chi connectivity index (χ4n) is 2.26. The number of rotatable bonds is 7. The van der Waals surface area contributed by atoms with Gasteiger partial charge in [0.05, 0.1) is 4.90 Å². The Morgan fingerprint density at radius 2 is 1.85 bits per heavy atom. The third kappa shape index (κ3) is 4.30. The van der Waals surface area contributed by atoms with Gasteiger partial charge >= 0.3 is 0 Å². The van der Waals surface area contributed by atoms with Crippen molar-refractivity contribution in [3.63, 3.8) is 0 Å². The second-order valence-corrected chi connectivity index (χ2v) is 7.86. The van der Waals surface area contributed by atoms with Crippen molar-refractivity contribution in [2.75, 3.05) is 6.54 Å². The largest absolute Gasteiger partial charge is 0.326 e. The number of hydrogen-bond acceptors (Lipinski definition) is 3. The van der Waals surface area contributed by atoms with E-state index in [0.29, 0.717) is 23.3 Å². The van der Waals surface area contributed by atoms with Crippen LogP contribution < -0.4 is 10.5 Å². The summed E-state index contributed by atoms with van der Waals surface area (Å²) in [6, 6.07) is 7.04. The average molecular weight is 296 g/mol.